The van der Waals surface area contributed by atoms with E-state index in [0.717, 1.165) is 57.8 Å². The molecule has 0 saturated carbocycles. The number of hydrogen-bond acceptors (Lipinski definition) is 7. The number of likely N-dealkylation sites (N-methyl/N-ethyl adjacent to an activating group) is 1. The molecule has 0 saturated heterocycles. The second kappa shape index (κ2) is 32.7. The molecule has 0 bridgehead atoms. The second-order valence-corrected chi connectivity index (χ2v) is 13.9. The van der Waals surface area contributed by atoms with E-state index in [9.17, 15) is 19.5 Å². The molecule has 9 nitrogen and oxygen atoms in total. The molecule has 0 heterocycles. The molecule has 0 aliphatic heterocycles. The van der Waals surface area contributed by atoms with Gasteiger partial charge >= 0.3 is 17.9 Å². The van der Waals surface area contributed by atoms with Crippen LogP contribution < -0.4 is 0 Å². The molecule has 9 heteroatoms. The maximum atomic E-state index is 12.7. The van der Waals surface area contributed by atoms with Crippen LogP contribution in [0.15, 0.2) is 36.5 Å². The van der Waals surface area contributed by atoms with Gasteiger partial charge in [-0.05, 0) is 44.9 Å². The molecule has 0 radical (unpaired) electrons. The Labute approximate surface area is 299 Å². The van der Waals surface area contributed by atoms with Crippen molar-refractivity contribution in [3.63, 3.8) is 0 Å². The van der Waals surface area contributed by atoms with Crippen molar-refractivity contribution < 1.29 is 42.9 Å². The minimum atomic E-state index is -1.51. The molecular formula is C40H72NO8+. The molecule has 0 aromatic carbocycles. The van der Waals surface area contributed by atoms with E-state index in [4.69, 9.17) is 18.9 Å². The fourth-order valence-electron chi connectivity index (χ4n) is 4.91. The van der Waals surface area contributed by atoms with Crippen molar-refractivity contribution in [1.82, 2.24) is 0 Å². The number of unbranched alkanes of at least 4 members (excludes halogenated alkanes) is 13. The lowest BCUT2D eigenvalue weighted by atomic mass is 10.1. The van der Waals surface area contributed by atoms with Gasteiger partial charge in [0.05, 0.1) is 34.4 Å². The molecule has 1 N–H and O–H groups in total. The molecule has 49 heavy (non-hydrogen) atoms. The molecule has 0 aliphatic carbocycles. The summed E-state index contributed by atoms with van der Waals surface area (Å²) < 4.78 is 22.6. The van der Waals surface area contributed by atoms with Crippen LogP contribution in [-0.4, -0.2) is 87.4 Å². The highest BCUT2D eigenvalue weighted by atomic mass is 16.7. The summed E-state index contributed by atoms with van der Waals surface area (Å²) in [4.78, 5) is 36.8. The summed E-state index contributed by atoms with van der Waals surface area (Å²) in [5.74, 6) is -2.05. The number of carbonyl (C=O) groups excluding carboxylic acids is 2. The Morgan fingerprint density at radius 1 is 0.633 bits per heavy atom. The summed E-state index contributed by atoms with van der Waals surface area (Å²) in [5.41, 5.74) is 0. The molecule has 0 amide bonds. The van der Waals surface area contributed by atoms with Gasteiger partial charge in [-0.2, -0.15) is 0 Å². The standard InChI is InChI=1S/C40H71NO8/c1-6-8-10-12-14-16-18-19-21-23-25-27-29-31-38(43)49-36(35-48-40(39(44)45)46-33-32-41(3,4)5)34-47-37(42)30-28-26-24-22-20-17-15-13-11-9-7-2/h8,10,14,16,19,21,36,40H,6-7,9,11-13,15,17-18,20,22-35H2,1-5H3/p+1/b10-8-,16-14-,21-19-. The minimum absolute atomic E-state index is 0.182. The summed E-state index contributed by atoms with van der Waals surface area (Å²) >= 11 is 0. The van der Waals surface area contributed by atoms with Gasteiger partial charge in [-0.15, -0.1) is 0 Å². The van der Waals surface area contributed by atoms with Crippen molar-refractivity contribution in [2.75, 3.05) is 47.5 Å². The second-order valence-electron chi connectivity index (χ2n) is 13.9. The highest BCUT2D eigenvalue weighted by Gasteiger charge is 2.25. The van der Waals surface area contributed by atoms with E-state index in [-0.39, 0.29) is 32.2 Å². The topological polar surface area (TPSA) is 108 Å². The fourth-order valence-corrected chi connectivity index (χ4v) is 4.91. The van der Waals surface area contributed by atoms with E-state index in [1.54, 1.807) is 0 Å². The van der Waals surface area contributed by atoms with Crippen molar-refractivity contribution in [3.8, 4) is 0 Å². The molecular weight excluding hydrogens is 622 g/mol. The third-order valence-electron chi connectivity index (χ3n) is 7.91. The first-order chi connectivity index (χ1) is 23.6. The number of carboxylic acids is 1. The quantitative estimate of drug-likeness (QED) is 0.0234. The summed E-state index contributed by atoms with van der Waals surface area (Å²) in [7, 11) is 5.93. The Morgan fingerprint density at radius 2 is 1.16 bits per heavy atom. The van der Waals surface area contributed by atoms with Crippen LogP contribution in [0.25, 0.3) is 0 Å². The number of quaternary nitrogens is 1. The van der Waals surface area contributed by atoms with Crippen molar-refractivity contribution in [1.29, 1.82) is 0 Å². The number of carbonyl (C=O) groups is 3. The smallest absolute Gasteiger partial charge is 0.361 e. The van der Waals surface area contributed by atoms with E-state index in [1.165, 1.54) is 51.4 Å². The first-order valence-electron chi connectivity index (χ1n) is 19.2. The van der Waals surface area contributed by atoms with Gasteiger partial charge in [0, 0.05) is 12.8 Å². The van der Waals surface area contributed by atoms with E-state index in [2.05, 4.69) is 50.3 Å². The van der Waals surface area contributed by atoms with E-state index >= 15 is 0 Å². The number of esters is 2. The number of ether oxygens (including phenoxy) is 4. The van der Waals surface area contributed by atoms with Gasteiger partial charge in [-0.3, -0.25) is 9.59 Å². The normalized spacial score (nSPS) is 13.4. The molecule has 0 spiro atoms. The van der Waals surface area contributed by atoms with Gasteiger partial charge in [-0.1, -0.05) is 121 Å². The highest BCUT2D eigenvalue weighted by molar-refractivity contribution is 5.71. The van der Waals surface area contributed by atoms with Crippen LogP contribution in [0.1, 0.15) is 142 Å². The van der Waals surface area contributed by atoms with Crippen LogP contribution in [0.4, 0.5) is 0 Å². The largest absolute Gasteiger partial charge is 0.477 e. The zero-order valence-electron chi connectivity index (χ0n) is 31.8. The first-order valence-corrected chi connectivity index (χ1v) is 19.2. The fraction of sp³-hybridized carbons (Fsp3) is 0.775. The van der Waals surface area contributed by atoms with Crippen LogP contribution in [0.5, 0.6) is 0 Å². The average Bonchev–Trinajstić information content (AvgIpc) is 3.05. The van der Waals surface area contributed by atoms with Crippen molar-refractivity contribution in [2.45, 2.75) is 155 Å². The van der Waals surface area contributed by atoms with Gasteiger partial charge < -0.3 is 28.5 Å². The SMILES string of the molecule is CC/C=C\C/C=C\C/C=C\CCCCCC(=O)OC(COC(=O)CCCCCCCCCCCCC)COC(OCC[N+](C)(C)C)C(=O)O. The third-order valence-corrected chi connectivity index (χ3v) is 7.91. The molecule has 0 aromatic rings. The predicted molar refractivity (Wildman–Crippen MR) is 198 cm³/mol. The summed E-state index contributed by atoms with van der Waals surface area (Å²) in [6.45, 7) is 4.68. The molecule has 0 rings (SSSR count). The molecule has 0 fully saturated rings. The number of hydrogen-bond donors (Lipinski definition) is 1. The first kappa shape index (κ1) is 46.5. The van der Waals surface area contributed by atoms with Gasteiger partial charge in [0.15, 0.2) is 6.10 Å². The molecule has 0 aliphatic rings. The van der Waals surface area contributed by atoms with Crippen LogP contribution in [0.3, 0.4) is 0 Å². The Balaban J connectivity index is 4.60. The Morgan fingerprint density at radius 3 is 1.73 bits per heavy atom. The van der Waals surface area contributed by atoms with Crippen LogP contribution in [0, 0.1) is 0 Å². The summed E-state index contributed by atoms with van der Waals surface area (Å²) in [6.07, 6.45) is 30.6. The van der Waals surface area contributed by atoms with Crippen molar-refractivity contribution in [3.05, 3.63) is 36.5 Å². The lowest BCUT2D eigenvalue weighted by molar-refractivity contribution is -0.870. The van der Waals surface area contributed by atoms with E-state index in [1.807, 2.05) is 21.1 Å². The van der Waals surface area contributed by atoms with E-state index in [0.29, 0.717) is 23.9 Å². The van der Waals surface area contributed by atoms with E-state index < -0.39 is 24.3 Å². The van der Waals surface area contributed by atoms with Crippen molar-refractivity contribution >= 4 is 17.9 Å². The minimum Gasteiger partial charge on any atom is -0.477 e. The molecule has 2 unspecified atom stereocenters. The Hall–Kier alpha value is -2.49. The number of allylic oxidation sites excluding steroid dienone is 6. The van der Waals surface area contributed by atoms with Gasteiger partial charge in [0.2, 0.25) is 0 Å². The zero-order chi connectivity index (χ0) is 36.4. The number of carboxylic acid groups (broad SMARTS) is 1. The molecule has 2 atom stereocenters. The maximum absolute atomic E-state index is 12.7. The predicted octanol–water partition coefficient (Wildman–Crippen LogP) is 9.10. The monoisotopic (exact) mass is 695 g/mol. The van der Waals surface area contributed by atoms with Crippen LogP contribution in [-0.2, 0) is 33.3 Å². The molecule has 284 valence electrons. The number of rotatable bonds is 34. The number of aliphatic carboxylic acids is 1. The maximum Gasteiger partial charge on any atom is 0.361 e. The van der Waals surface area contributed by atoms with Crippen LogP contribution >= 0.6 is 0 Å². The average molecular weight is 695 g/mol. The number of nitrogens with zero attached hydrogens (tertiary/aromatic N) is 1. The lowest BCUT2D eigenvalue weighted by Gasteiger charge is -2.25. The van der Waals surface area contributed by atoms with Crippen LogP contribution in [0.2, 0.25) is 0 Å². The summed E-state index contributed by atoms with van der Waals surface area (Å²) in [5, 5.41) is 9.58. The summed E-state index contributed by atoms with van der Waals surface area (Å²) in [6, 6.07) is 0. The highest BCUT2D eigenvalue weighted by Crippen LogP contribution is 2.13. The van der Waals surface area contributed by atoms with Gasteiger partial charge in [-0.25, -0.2) is 4.79 Å². The Kier molecular flexibility index (Phi) is 31.0. The van der Waals surface area contributed by atoms with Gasteiger partial charge in [0.1, 0.15) is 13.2 Å². The lowest BCUT2D eigenvalue weighted by Crippen LogP contribution is -2.40. The third kappa shape index (κ3) is 33.8. The molecule has 0 aromatic heterocycles. The Bertz CT molecular complexity index is 908. The van der Waals surface area contributed by atoms with Crippen molar-refractivity contribution in [2.24, 2.45) is 0 Å². The van der Waals surface area contributed by atoms with Gasteiger partial charge in [0.25, 0.3) is 6.29 Å². The zero-order valence-corrected chi connectivity index (χ0v) is 31.8.